The SMILES string of the molecule is COCOC1CC[C@H]([C@H](C)CCCC(C)C)[C@@]1(C)CCC(=O)O. The van der Waals surface area contributed by atoms with Gasteiger partial charge in [0.1, 0.15) is 6.79 Å². The van der Waals surface area contributed by atoms with Crippen LogP contribution in [0.4, 0.5) is 0 Å². The highest BCUT2D eigenvalue weighted by Gasteiger charge is 2.48. The Morgan fingerprint density at radius 2 is 1.96 bits per heavy atom. The predicted octanol–water partition coefficient (Wildman–Crippen LogP) is 4.72. The monoisotopic (exact) mass is 328 g/mol. The van der Waals surface area contributed by atoms with E-state index >= 15 is 0 Å². The zero-order valence-electron chi connectivity index (χ0n) is 15.6. The van der Waals surface area contributed by atoms with Crippen molar-refractivity contribution in [2.45, 2.75) is 78.7 Å². The molecule has 0 bridgehead atoms. The van der Waals surface area contributed by atoms with Crippen LogP contribution in [-0.2, 0) is 14.3 Å². The summed E-state index contributed by atoms with van der Waals surface area (Å²) in [7, 11) is 1.63. The van der Waals surface area contributed by atoms with Crippen LogP contribution in [0.1, 0.15) is 72.6 Å². The lowest BCUT2D eigenvalue weighted by Gasteiger charge is -2.39. The lowest BCUT2D eigenvalue weighted by Crippen LogP contribution is -2.38. The third-order valence-electron chi connectivity index (χ3n) is 5.71. The zero-order valence-corrected chi connectivity index (χ0v) is 15.6. The van der Waals surface area contributed by atoms with Gasteiger partial charge in [-0.05, 0) is 42.4 Å². The molecule has 4 heteroatoms. The molecule has 1 saturated carbocycles. The van der Waals surface area contributed by atoms with Crippen molar-refractivity contribution in [2.75, 3.05) is 13.9 Å². The molecule has 0 radical (unpaired) electrons. The van der Waals surface area contributed by atoms with E-state index in [-0.39, 0.29) is 17.9 Å². The lowest BCUT2D eigenvalue weighted by molar-refractivity contribution is -0.140. The van der Waals surface area contributed by atoms with E-state index in [0.717, 1.165) is 18.8 Å². The van der Waals surface area contributed by atoms with E-state index in [0.29, 0.717) is 25.0 Å². The fourth-order valence-corrected chi connectivity index (χ4v) is 4.36. The normalized spacial score (nSPS) is 29.1. The average molecular weight is 328 g/mol. The topological polar surface area (TPSA) is 55.8 Å². The Hall–Kier alpha value is -0.610. The molecule has 4 nitrogen and oxygen atoms in total. The molecule has 0 aliphatic heterocycles. The maximum Gasteiger partial charge on any atom is 0.303 e. The number of carbonyl (C=O) groups is 1. The second kappa shape index (κ2) is 9.63. The molecule has 1 aliphatic carbocycles. The van der Waals surface area contributed by atoms with E-state index in [1.54, 1.807) is 7.11 Å². The van der Waals surface area contributed by atoms with Crippen LogP contribution in [0.15, 0.2) is 0 Å². The van der Waals surface area contributed by atoms with Crippen LogP contribution < -0.4 is 0 Å². The molecule has 1 fully saturated rings. The molecule has 0 heterocycles. The van der Waals surface area contributed by atoms with E-state index in [1.807, 2.05) is 0 Å². The summed E-state index contributed by atoms with van der Waals surface area (Å²) in [6.45, 7) is 9.40. The second-order valence-corrected chi connectivity index (χ2v) is 7.95. The minimum atomic E-state index is -0.713. The van der Waals surface area contributed by atoms with E-state index in [1.165, 1.54) is 19.3 Å². The molecular weight excluding hydrogens is 292 g/mol. The molecule has 23 heavy (non-hydrogen) atoms. The predicted molar refractivity (Wildman–Crippen MR) is 92.3 cm³/mol. The summed E-state index contributed by atoms with van der Waals surface area (Å²) in [5.74, 6) is 1.19. The molecule has 0 spiro atoms. The van der Waals surface area contributed by atoms with Crippen molar-refractivity contribution in [1.29, 1.82) is 0 Å². The molecular formula is C19H36O4. The number of carboxylic acid groups (broad SMARTS) is 1. The van der Waals surface area contributed by atoms with Gasteiger partial charge in [0, 0.05) is 13.5 Å². The molecule has 4 atom stereocenters. The number of hydrogen-bond acceptors (Lipinski definition) is 3. The molecule has 0 saturated heterocycles. The Morgan fingerprint density at radius 3 is 2.52 bits per heavy atom. The van der Waals surface area contributed by atoms with Gasteiger partial charge in [0.15, 0.2) is 0 Å². The average Bonchev–Trinajstić information content (AvgIpc) is 2.80. The highest BCUT2D eigenvalue weighted by atomic mass is 16.7. The van der Waals surface area contributed by atoms with Crippen molar-refractivity contribution >= 4 is 5.97 Å². The van der Waals surface area contributed by atoms with E-state index in [2.05, 4.69) is 27.7 Å². The van der Waals surface area contributed by atoms with Gasteiger partial charge in [0.05, 0.1) is 6.10 Å². The minimum Gasteiger partial charge on any atom is -0.481 e. The van der Waals surface area contributed by atoms with Gasteiger partial charge in [0.25, 0.3) is 0 Å². The van der Waals surface area contributed by atoms with E-state index < -0.39 is 5.97 Å². The van der Waals surface area contributed by atoms with Gasteiger partial charge < -0.3 is 14.6 Å². The quantitative estimate of drug-likeness (QED) is 0.558. The molecule has 1 aliphatic rings. The fourth-order valence-electron chi connectivity index (χ4n) is 4.36. The maximum absolute atomic E-state index is 11.1. The molecule has 136 valence electrons. The van der Waals surface area contributed by atoms with Crippen molar-refractivity contribution in [3.05, 3.63) is 0 Å². The largest absolute Gasteiger partial charge is 0.481 e. The van der Waals surface area contributed by atoms with E-state index in [4.69, 9.17) is 14.6 Å². The van der Waals surface area contributed by atoms with Crippen LogP contribution in [-0.4, -0.2) is 31.1 Å². The number of rotatable bonds is 11. The first-order valence-electron chi connectivity index (χ1n) is 9.13. The van der Waals surface area contributed by atoms with Crippen LogP contribution in [0.2, 0.25) is 0 Å². The zero-order chi connectivity index (χ0) is 17.5. The summed E-state index contributed by atoms with van der Waals surface area (Å²) in [5, 5.41) is 9.11. The standard InChI is InChI=1S/C19H36O4/c1-14(2)7-6-8-15(3)16-9-10-17(23-13-22-5)19(16,4)12-11-18(20)21/h14-17H,6-13H2,1-5H3,(H,20,21)/t15-,16-,17?,19-/m1/s1. The molecule has 0 aromatic heterocycles. The summed E-state index contributed by atoms with van der Waals surface area (Å²) < 4.78 is 11.0. The lowest BCUT2D eigenvalue weighted by atomic mass is 9.68. The molecule has 1 unspecified atom stereocenters. The Bertz CT molecular complexity index is 355. The number of hydrogen-bond donors (Lipinski definition) is 1. The summed E-state index contributed by atoms with van der Waals surface area (Å²) >= 11 is 0. The van der Waals surface area contributed by atoms with Crippen molar-refractivity contribution in [3.8, 4) is 0 Å². The van der Waals surface area contributed by atoms with Gasteiger partial charge in [-0.3, -0.25) is 4.79 Å². The maximum atomic E-state index is 11.1. The highest BCUT2D eigenvalue weighted by Crippen LogP contribution is 2.52. The summed E-state index contributed by atoms with van der Waals surface area (Å²) in [5.41, 5.74) is -0.0613. The number of carboxylic acids is 1. The van der Waals surface area contributed by atoms with Crippen LogP contribution in [0.5, 0.6) is 0 Å². The summed E-state index contributed by atoms with van der Waals surface area (Å²) in [6.07, 6.45) is 6.92. The van der Waals surface area contributed by atoms with Gasteiger partial charge in [-0.1, -0.05) is 47.0 Å². The van der Waals surface area contributed by atoms with Crippen molar-refractivity contribution in [3.63, 3.8) is 0 Å². The van der Waals surface area contributed by atoms with Crippen molar-refractivity contribution in [2.24, 2.45) is 23.2 Å². The number of aliphatic carboxylic acids is 1. The number of ether oxygens (including phenoxy) is 2. The summed E-state index contributed by atoms with van der Waals surface area (Å²) in [4.78, 5) is 11.1. The Balaban J connectivity index is 2.71. The third kappa shape index (κ3) is 6.07. The molecule has 0 aromatic carbocycles. The van der Waals surface area contributed by atoms with Crippen molar-refractivity contribution < 1.29 is 19.4 Å². The minimum absolute atomic E-state index is 0.0613. The van der Waals surface area contributed by atoms with Crippen LogP contribution in [0.25, 0.3) is 0 Å². The Kier molecular flexibility index (Phi) is 8.56. The van der Waals surface area contributed by atoms with Gasteiger partial charge in [-0.25, -0.2) is 0 Å². The van der Waals surface area contributed by atoms with Gasteiger partial charge in [-0.15, -0.1) is 0 Å². The van der Waals surface area contributed by atoms with Gasteiger partial charge in [-0.2, -0.15) is 0 Å². The number of methoxy groups -OCH3 is 1. The first kappa shape index (κ1) is 20.4. The fraction of sp³-hybridized carbons (Fsp3) is 0.947. The molecule has 0 aromatic rings. The van der Waals surface area contributed by atoms with Crippen LogP contribution in [0, 0.1) is 23.2 Å². The second-order valence-electron chi connectivity index (χ2n) is 7.95. The third-order valence-corrected chi connectivity index (χ3v) is 5.71. The molecule has 1 N–H and O–H groups in total. The Morgan fingerprint density at radius 1 is 1.26 bits per heavy atom. The molecule has 1 rings (SSSR count). The van der Waals surface area contributed by atoms with E-state index in [9.17, 15) is 4.79 Å². The van der Waals surface area contributed by atoms with Crippen molar-refractivity contribution in [1.82, 2.24) is 0 Å². The van der Waals surface area contributed by atoms with Gasteiger partial charge >= 0.3 is 5.97 Å². The highest BCUT2D eigenvalue weighted by molar-refractivity contribution is 5.66. The molecule has 0 amide bonds. The Labute approximate surface area is 141 Å². The first-order valence-corrected chi connectivity index (χ1v) is 9.13. The van der Waals surface area contributed by atoms with Crippen LogP contribution >= 0.6 is 0 Å². The summed E-state index contributed by atoms with van der Waals surface area (Å²) in [6, 6.07) is 0. The van der Waals surface area contributed by atoms with Crippen LogP contribution in [0.3, 0.4) is 0 Å². The van der Waals surface area contributed by atoms with Gasteiger partial charge in [0.2, 0.25) is 0 Å². The first-order chi connectivity index (χ1) is 10.8. The smallest absolute Gasteiger partial charge is 0.303 e.